The van der Waals surface area contributed by atoms with Crippen LogP contribution in [0.5, 0.6) is 23.0 Å². The number of carbonyl (C=O) groups is 1. The molecule has 0 bridgehead atoms. The fourth-order valence-electron chi connectivity index (χ4n) is 3.15. The zero-order valence-corrected chi connectivity index (χ0v) is 18.5. The zero-order valence-electron chi connectivity index (χ0n) is 18.5. The number of hydrogen-bond donors (Lipinski definition) is 2. The van der Waals surface area contributed by atoms with Crippen molar-refractivity contribution in [2.45, 2.75) is 91.9 Å². The molecule has 1 aromatic carbocycles. The summed E-state index contributed by atoms with van der Waals surface area (Å²) < 4.78 is 16.8. The molecule has 0 aliphatic heterocycles. The third-order valence-corrected chi connectivity index (χ3v) is 5.06. The number of unbranched alkanes of at least 4 members (excludes halogenated alkanes) is 8. The van der Waals surface area contributed by atoms with Crippen LogP contribution in [0.4, 0.5) is 4.79 Å². The molecular formula is C23H38O6. The average Bonchev–Trinajstić information content (AvgIpc) is 2.69. The van der Waals surface area contributed by atoms with E-state index in [1.54, 1.807) is 6.92 Å². The molecule has 0 aromatic heterocycles. The van der Waals surface area contributed by atoms with Crippen LogP contribution in [0, 0.1) is 13.8 Å². The predicted molar refractivity (Wildman–Crippen MR) is 115 cm³/mol. The Bertz CT molecular complexity index is 627. The third kappa shape index (κ3) is 8.42. The van der Waals surface area contributed by atoms with Crippen molar-refractivity contribution in [2.24, 2.45) is 0 Å². The highest BCUT2D eigenvalue weighted by Crippen LogP contribution is 2.49. The lowest BCUT2D eigenvalue weighted by Gasteiger charge is -2.20. The van der Waals surface area contributed by atoms with Gasteiger partial charge in [0.1, 0.15) is 0 Å². The minimum Gasteiger partial charge on any atom is -0.504 e. The van der Waals surface area contributed by atoms with Gasteiger partial charge in [-0.05, 0) is 26.7 Å². The van der Waals surface area contributed by atoms with Gasteiger partial charge >= 0.3 is 6.16 Å². The summed E-state index contributed by atoms with van der Waals surface area (Å²) >= 11 is 0. The van der Waals surface area contributed by atoms with E-state index in [1.165, 1.54) is 32.1 Å². The molecule has 6 nitrogen and oxygen atoms in total. The number of aromatic hydroxyl groups is 1. The van der Waals surface area contributed by atoms with Gasteiger partial charge in [0.25, 0.3) is 0 Å². The molecule has 0 unspecified atom stereocenters. The van der Waals surface area contributed by atoms with E-state index < -0.39 is 6.16 Å². The van der Waals surface area contributed by atoms with E-state index in [9.17, 15) is 9.90 Å². The molecule has 29 heavy (non-hydrogen) atoms. The van der Waals surface area contributed by atoms with Crippen LogP contribution in [-0.4, -0.2) is 29.6 Å². The first-order chi connectivity index (χ1) is 13.9. The molecule has 0 aliphatic rings. The normalized spacial score (nSPS) is 10.8. The highest BCUT2D eigenvalue weighted by molar-refractivity contribution is 5.71. The quantitative estimate of drug-likeness (QED) is 0.189. The van der Waals surface area contributed by atoms with Gasteiger partial charge in [-0.2, -0.15) is 0 Å². The highest BCUT2D eigenvalue weighted by Gasteiger charge is 2.25. The lowest BCUT2D eigenvalue weighted by atomic mass is 10.1. The number of carboxylic acid groups (broad SMARTS) is 1. The number of phenols is 1. The molecule has 1 rings (SSSR count). The highest BCUT2D eigenvalue weighted by atomic mass is 16.7. The Morgan fingerprint density at radius 3 is 1.69 bits per heavy atom. The smallest absolute Gasteiger partial charge is 0.504 e. The Morgan fingerprint density at radius 1 is 0.724 bits per heavy atom. The molecule has 0 atom stereocenters. The van der Waals surface area contributed by atoms with E-state index in [-0.39, 0.29) is 17.2 Å². The predicted octanol–water partition coefficient (Wildman–Crippen LogP) is 6.76. The molecular weight excluding hydrogens is 372 g/mol. The van der Waals surface area contributed by atoms with Gasteiger partial charge in [-0.15, -0.1) is 0 Å². The van der Waals surface area contributed by atoms with Crippen LogP contribution in [0.3, 0.4) is 0 Å². The first-order valence-corrected chi connectivity index (χ1v) is 11.0. The summed E-state index contributed by atoms with van der Waals surface area (Å²) in [6, 6.07) is 0. The van der Waals surface area contributed by atoms with Crippen molar-refractivity contribution < 1.29 is 29.2 Å². The average molecular weight is 411 g/mol. The van der Waals surface area contributed by atoms with Crippen molar-refractivity contribution >= 4 is 6.16 Å². The second kappa shape index (κ2) is 14.0. The molecule has 0 saturated carbocycles. The van der Waals surface area contributed by atoms with Crippen molar-refractivity contribution in [3.8, 4) is 23.0 Å². The lowest BCUT2D eigenvalue weighted by molar-refractivity contribution is 0.139. The Kier molecular flexibility index (Phi) is 12.0. The van der Waals surface area contributed by atoms with E-state index in [2.05, 4.69) is 13.8 Å². The summed E-state index contributed by atoms with van der Waals surface area (Å²) in [7, 11) is 0. The van der Waals surface area contributed by atoms with Crippen molar-refractivity contribution in [3.63, 3.8) is 0 Å². The van der Waals surface area contributed by atoms with E-state index in [4.69, 9.17) is 19.3 Å². The third-order valence-electron chi connectivity index (χ3n) is 5.06. The van der Waals surface area contributed by atoms with Crippen molar-refractivity contribution in [1.82, 2.24) is 0 Å². The van der Waals surface area contributed by atoms with E-state index >= 15 is 0 Å². The van der Waals surface area contributed by atoms with Crippen LogP contribution in [-0.2, 0) is 0 Å². The molecule has 0 spiro atoms. The van der Waals surface area contributed by atoms with Crippen LogP contribution >= 0.6 is 0 Å². The number of hydrogen-bond acceptors (Lipinski definition) is 5. The maximum atomic E-state index is 11.2. The Hall–Kier alpha value is -2.11. The molecule has 2 N–H and O–H groups in total. The number of benzene rings is 1. The molecule has 166 valence electrons. The summed E-state index contributed by atoms with van der Waals surface area (Å²) in [5.74, 6) is 0.231. The number of rotatable bonds is 15. The Morgan fingerprint density at radius 2 is 1.21 bits per heavy atom. The first-order valence-electron chi connectivity index (χ1n) is 11.0. The SMILES string of the molecule is CCCCCCCOc1c(C)c(C)c(O)c(OC(=O)O)c1OCCCCCCC. The summed E-state index contributed by atoms with van der Waals surface area (Å²) in [5.41, 5.74) is 1.26. The molecule has 0 fully saturated rings. The summed E-state index contributed by atoms with van der Waals surface area (Å²) in [4.78, 5) is 11.2. The van der Waals surface area contributed by atoms with Gasteiger partial charge in [-0.25, -0.2) is 4.79 Å². The second-order valence-corrected chi connectivity index (χ2v) is 7.48. The molecule has 0 saturated heterocycles. The van der Waals surface area contributed by atoms with Crippen LogP contribution in [0.1, 0.15) is 89.2 Å². The van der Waals surface area contributed by atoms with Crippen molar-refractivity contribution in [1.29, 1.82) is 0 Å². The molecule has 0 aliphatic carbocycles. The van der Waals surface area contributed by atoms with Crippen LogP contribution < -0.4 is 14.2 Å². The summed E-state index contributed by atoms with van der Waals surface area (Å²) in [5, 5.41) is 19.6. The van der Waals surface area contributed by atoms with E-state index in [0.717, 1.165) is 37.7 Å². The minimum atomic E-state index is -1.50. The van der Waals surface area contributed by atoms with Gasteiger partial charge in [-0.1, -0.05) is 65.2 Å². The number of ether oxygens (including phenoxy) is 3. The van der Waals surface area contributed by atoms with Gasteiger partial charge in [0.05, 0.1) is 13.2 Å². The standard InChI is InChI=1S/C23H38O6/c1-5-7-9-11-13-15-27-20-18(4)17(3)19(24)21(29-23(25)26)22(20)28-16-14-12-10-8-6-2/h24H,5-16H2,1-4H3,(H,25,26). The minimum absolute atomic E-state index is 0.178. The van der Waals surface area contributed by atoms with E-state index in [1.807, 2.05) is 6.92 Å². The molecule has 6 heteroatoms. The van der Waals surface area contributed by atoms with Gasteiger partial charge in [0, 0.05) is 11.1 Å². The van der Waals surface area contributed by atoms with E-state index in [0.29, 0.717) is 24.5 Å². The largest absolute Gasteiger partial charge is 0.511 e. The fraction of sp³-hybridized carbons (Fsp3) is 0.696. The molecule has 0 amide bonds. The maximum absolute atomic E-state index is 11.2. The summed E-state index contributed by atoms with van der Waals surface area (Å²) in [6.07, 6.45) is 9.42. The zero-order chi connectivity index (χ0) is 21.6. The van der Waals surface area contributed by atoms with Gasteiger partial charge in [0.15, 0.2) is 11.5 Å². The van der Waals surface area contributed by atoms with Crippen LogP contribution in [0.2, 0.25) is 0 Å². The van der Waals surface area contributed by atoms with Crippen molar-refractivity contribution in [2.75, 3.05) is 13.2 Å². The van der Waals surface area contributed by atoms with Crippen LogP contribution in [0.25, 0.3) is 0 Å². The maximum Gasteiger partial charge on any atom is 0.511 e. The Balaban J connectivity index is 2.95. The first kappa shape index (κ1) is 24.9. The van der Waals surface area contributed by atoms with Gasteiger partial charge < -0.3 is 24.4 Å². The summed E-state index contributed by atoms with van der Waals surface area (Å²) in [6.45, 7) is 8.80. The molecule has 0 heterocycles. The monoisotopic (exact) mass is 410 g/mol. The second-order valence-electron chi connectivity index (χ2n) is 7.48. The molecule has 0 radical (unpaired) electrons. The number of phenolic OH excluding ortho intramolecular Hbond substituents is 1. The van der Waals surface area contributed by atoms with Gasteiger partial charge in [0.2, 0.25) is 11.5 Å². The van der Waals surface area contributed by atoms with Crippen LogP contribution in [0.15, 0.2) is 0 Å². The Labute approximate surface area is 175 Å². The fourth-order valence-corrected chi connectivity index (χ4v) is 3.15. The van der Waals surface area contributed by atoms with Crippen molar-refractivity contribution in [3.05, 3.63) is 11.1 Å². The lowest BCUT2D eigenvalue weighted by Crippen LogP contribution is -2.10. The molecule has 1 aromatic rings. The topological polar surface area (TPSA) is 85.2 Å². The van der Waals surface area contributed by atoms with Gasteiger partial charge in [-0.3, -0.25) is 0 Å².